The van der Waals surface area contributed by atoms with Crippen LogP contribution in [0.25, 0.3) is 11.0 Å². The second-order valence-corrected chi connectivity index (χ2v) is 5.89. The first-order valence-corrected chi connectivity index (χ1v) is 7.52. The molecule has 8 nitrogen and oxygen atoms in total. The minimum Gasteiger partial charge on any atom is -0.422 e. The lowest BCUT2D eigenvalue weighted by Gasteiger charge is -2.35. The number of ether oxygens (including phenoxy) is 1. The molecule has 0 bridgehead atoms. The molecule has 1 aromatic carbocycles. The summed E-state index contributed by atoms with van der Waals surface area (Å²) < 4.78 is 10.7. The summed E-state index contributed by atoms with van der Waals surface area (Å²) in [4.78, 5) is 36.6. The number of rotatable bonds is 2. The van der Waals surface area contributed by atoms with Gasteiger partial charge in [0.1, 0.15) is 11.1 Å². The van der Waals surface area contributed by atoms with Crippen molar-refractivity contribution >= 4 is 22.6 Å². The summed E-state index contributed by atoms with van der Waals surface area (Å²) >= 11 is 0. The normalized spacial score (nSPS) is 21.0. The molecular weight excluding hydrogens is 316 g/mol. The summed E-state index contributed by atoms with van der Waals surface area (Å²) in [7, 11) is 0. The molecular formula is C16H16N2O6. The van der Waals surface area contributed by atoms with E-state index in [-0.39, 0.29) is 29.0 Å². The smallest absolute Gasteiger partial charge is 0.349 e. The molecule has 1 amide bonds. The van der Waals surface area contributed by atoms with Crippen LogP contribution in [0.3, 0.4) is 0 Å². The highest BCUT2D eigenvalue weighted by atomic mass is 16.6. The van der Waals surface area contributed by atoms with Crippen LogP contribution in [-0.2, 0) is 4.74 Å². The Labute approximate surface area is 136 Å². The molecule has 0 N–H and O–H groups in total. The third-order valence-corrected chi connectivity index (χ3v) is 3.86. The third-order valence-electron chi connectivity index (χ3n) is 3.86. The lowest BCUT2D eigenvalue weighted by molar-refractivity contribution is -0.384. The van der Waals surface area contributed by atoms with Crippen molar-refractivity contribution in [1.82, 2.24) is 4.90 Å². The Hall–Kier alpha value is -2.74. The number of hydrogen-bond donors (Lipinski definition) is 0. The summed E-state index contributed by atoms with van der Waals surface area (Å²) in [5, 5.41) is 11.2. The topological polar surface area (TPSA) is 103 Å². The minimum atomic E-state index is -0.756. The van der Waals surface area contributed by atoms with E-state index < -0.39 is 16.5 Å². The predicted molar refractivity (Wildman–Crippen MR) is 85.1 cm³/mol. The molecule has 0 unspecified atom stereocenters. The summed E-state index contributed by atoms with van der Waals surface area (Å²) in [5.41, 5.74) is -0.827. The van der Waals surface area contributed by atoms with Gasteiger partial charge < -0.3 is 14.1 Å². The van der Waals surface area contributed by atoms with Crippen LogP contribution in [0.4, 0.5) is 5.69 Å². The van der Waals surface area contributed by atoms with Gasteiger partial charge in [0, 0.05) is 30.6 Å². The fourth-order valence-electron chi connectivity index (χ4n) is 2.89. The zero-order chi connectivity index (χ0) is 17.4. The monoisotopic (exact) mass is 332 g/mol. The molecule has 24 heavy (non-hydrogen) atoms. The average Bonchev–Trinajstić information content (AvgIpc) is 2.52. The molecule has 1 aromatic heterocycles. The zero-order valence-corrected chi connectivity index (χ0v) is 13.2. The second kappa shape index (κ2) is 6.04. The Balaban J connectivity index is 2.01. The van der Waals surface area contributed by atoms with E-state index in [0.717, 1.165) is 0 Å². The molecule has 2 heterocycles. The van der Waals surface area contributed by atoms with Gasteiger partial charge in [-0.1, -0.05) is 0 Å². The number of amides is 1. The van der Waals surface area contributed by atoms with Crippen molar-refractivity contribution in [3.63, 3.8) is 0 Å². The first-order chi connectivity index (χ1) is 11.3. The number of fused-ring (bicyclic) bond motifs is 1. The molecule has 1 aliphatic heterocycles. The molecule has 1 saturated heterocycles. The Bertz CT molecular complexity index is 864. The molecule has 2 atom stereocenters. The van der Waals surface area contributed by atoms with Gasteiger partial charge in [-0.15, -0.1) is 0 Å². The SMILES string of the molecule is C[C@@H]1CN(C(=O)c2cc3cc([N+](=O)[O-])ccc3oc2=O)C[C@@H](C)O1. The van der Waals surface area contributed by atoms with Crippen LogP contribution in [0.5, 0.6) is 0 Å². The molecule has 3 rings (SSSR count). The van der Waals surface area contributed by atoms with Crippen molar-refractivity contribution < 1.29 is 18.9 Å². The van der Waals surface area contributed by atoms with E-state index in [9.17, 15) is 19.7 Å². The molecule has 1 aliphatic rings. The molecule has 1 fully saturated rings. The Kier molecular flexibility index (Phi) is 4.06. The molecule has 8 heteroatoms. The number of morpholine rings is 1. The average molecular weight is 332 g/mol. The van der Waals surface area contributed by atoms with Crippen LogP contribution in [-0.4, -0.2) is 41.0 Å². The van der Waals surface area contributed by atoms with E-state index in [2.05, 4.69) is 0 Å². The fourth-order valence-corrected chi connectivity index (χ4v) is 2.89. The summed E-state index contributed by atoms with van der Waals surface area (Å²) in [6.45, 7) is 4.44. The largest absolute Gasteiger partial charge is 0.422 e. The number of nitro groups is 1. The zero-order valence-electron chi connectivity index (χ0n) is 13.2. The molecule has 0 aliphatic carbocycles. The van der Waals surface area contributed by atoms with Gasteiger partial charge in [-0.05, 0) is 26.0 Å². The van der Waals surface area contributed by atoms with Crippen molar-refractivity contribution in [1.29, 1.82) is 0 Å². The number of nitrogens with zero attached hydrogens (tertiary/aromatic N) is 2. The number of benzene rings is 1. The second-order valence-electron chi connectivity index (χ2n) is 5.89. The molecule has 0 spiro atoms. The number of carbonyl (C=O) groups excluding carboxylic acids is 1. The Morgan fingerprint density at radius 1 is 1.25 bits per heavy atom. The van der Waals surface area contributed by atoms with Crippen molar-refractivity contribution in [3.8, 4) is 0 Å². The van der Waals surface area contributed by atoms with Gasteiger partial charge in [0.15, 0.2) is 0 Å². The van der Waals surface area contributed by atoms with E-state index >= 15 is 0 Å². The van der Waals surface area contributed by atoms with Crippen molar-refractivity contribution in [2.75, 3.05) is 13.1 Å². The quantitative estimate of drug-likeness (QED) is 0.473. The lowest BCUT2D eigenvalue weighted by atomic mass is 10.1. The number of nitro benzene ring substituents is 1. The van der Waals surface area contributed by atoms with Crippen molar-refractivity contribution in [2.45, 2.75) is 26.1 Å². The highest BCUT2D eigenvalue weighted by Gasteiger charge is 2.28. The first kappa shape index (κ1) is 16.1. The standard InChI is InChI=1S/C16H16N2O6/c1-9-7-17(8-10(2)23-9)15(19)13-6-11-5-12(18(21)22)3-4-14(11)24-16(13)20/h3-6,9-10H,7-8H2,1-2H3/t9-,10-/m1/s1. The Morgan fingerprint density at radius 3 is 2.54 bits per heavy atom. The van der Waals surface area contributed by atoms with Gasteiger partial charge in [0.05, 0.1) is 17.1 Å². The lowest BCUT2D eigenvalue weighted by Crippen LogP contribution is -2.49. The van der Waals surface area contributed by atoms with Crippen LogP contribution in [0, 0.1) is 10.1 Å². The van der Waals surface area contributed by atoms with Crippen molar-refractivity contribution in [2.24, 2.45) is 0 Å². The minimum absolute atomic E-state index is 0.133. The summed E-state index contributed by atoms with van der Waals surface area (Å²) in [6, 6.07) is 5.22. The van der Waals surface area contributed by atoms with Gasteiger partial charge in [0.25, 0.3) is 11.6 Å². The van der Waals surface area contributed by atoms with E-state index in [1.807, 2.05) is 13.8 Å². The van der Waals surface area contributed by atoms with Crippen LogP contribution >= 0.6 is 0 Å². The van der Waals surface area contributed by atoms with Crippen molar-refractivity contribution in [3.05, 3.63) is 50.4 Å². The van der Waals surface area contributed by atoms with Crippen LogP contribution in [0.1, 0.15) is 24.2 Å². The van der Waals surface area contributed by atoms with E-state index in [0.29, 0.717) is 18.5 Å². The maximum Gasteiger partial charge on any atom is 0.349 e. The number of hydrogen-bond acceptors (Lipinski definition) is 6. The maximum atomic E-state index is 12.7. The van der Waals surface area contributed by atoms with Crippen LogP contribution in [0.2, 0.25) is 0 Å². The third kappa shape index (κ3) is 3.00. The molecule has 2 aromatic rings. The molecule has 126 valence electrons. The first-order valence-electron chi connectivity index (χ1n) is 7.52. The van der Waals surface area contributed by atoms with Gasteiger partial charge in [-0.3, -0.25) is 14.9 Å². The predicted octanol–water partition coefficient (Wildman–Crippen LogP) is 1.95. The van der Waals surface area contributed by atoms with E-state index in [1.165, 1.54) is 29.2 Å². The highest BCUT2D eigenvalue weighted by molar-refractivity contribution is 5.97. The van der Waals surface area contributed by atoms with Crippen LogP contribution < -0.4 is 5.63 Å². The summed E-state index contributed by atoms with van der Waals surface area (Å²) in [5.74, 6) is -0.459. The maximum absolute atomic E-state index is 12.7. The van der Waals surface area contributed by atoms with Gasteiger partial charge in [0.2, 0.25) is 0 Å². The highest BCUT2D eigenvalue weighted by Crippen LogP contribution is 2.21. The van der Waals surface area contributed by atoms with E-state index in [4.69, 9.17) is 9.15 Å². The Morgan fingerprint density at radius 2 is 1.92 bits per heavy atom. The van der Waals surface area contributed by atoms with Gasteiger partial charge in [-0.2, -0.15) is 0 Å². The van der Waals surface area contributed by atoms with E-state index in [1.54, 1.807) is 0 Å². The number of non-ortho nitro benzene ring substituents is 1. The van der Waals surface area contributed by atoms with Gasteiger partial charge >= 0.3 is 5.63 Å². The summed E-state index contributed by atoms with van der Waals surface area (Å²) in [6.07, 6.45) is -0.266. The molecule has 0 radical (unpaired) electrons. The fraction of sp³-hybridized carbons (Fsp3) is 0.375. The number of carbonyl (C=O) groups is 1. The molecule has 0 saturated carbocycles. The van der Waals surface area contributed by atoms with Crippen LogP contribution in [0.15, 0.2) is 33.5 Å². The van der Waals surface area contributed by atoms with Gasteiger partial charge in [-0.25, -0.2) is 4.79 Å².